The Morgan fingerprint density at radius 2 is 1.92 bits per heavy atom. The van der Waals surface area contributed by atoms with Gasteiger partial charge in [-0.1, -0.05) is 19.8 Å². The summed E-state index contributed by atoms with van der Waals surface area (Å²) >= 11 is 0. The highest BCUT2D eigenvalue weighted by atomic mass is 16.5. The minimum atomic E-state index is -0.429. The highest BCUT2D eigenvalue weighted by Crippen LogP contribution is 2.18. The van der Waals surface area contributed by atoms with E-state index in [0.29, 0.717) is 30.8 Å². The highest BCUT2D eigenvalue weighted by molar-refractivity contribution is 5.95. The third-order valence-electron chi connectivity index (χ3n) is 4.36. The standard InChI is InChI=1S/C18H25N3O4/c1-4-5-6-15-16(22)20(2)11-12-21(15)18(24)19-14-9-7-13(8-10-14)17(23)25-3/h7-10,15H,4-6,11-12H2,1-3H3,(H,19,24). The molecule has 25 heavy (non-hydrogen) atoms. The normalized spacial score (nSPS) is 17.4. The number of hydrogen-bond acceptors (Lipinski definition) is 4. The lowest BCUT2D eigenvalue weighted by atomic mass is 10.0. The van der Waals surface area contributed by atoms with E-state index >= 15 is 0 Å². The molecule has 1 heterocycles. The van der Waals surface area contributed by atoms with Crippen LogP contribution in [0.15, 0.2) is 24.3 Å². The van der Waals surface area contributed by atoms with E-state index in [1.807, 2.05) is 0 Å². The van der Waals surface area contributed by atoms with Gasteiger partial charge in [-0.15, -0.1) is 0 Å². The molecule has 1 aliphatic rings. The average Bonchev–Trinajstić information content (AvgIpc) is 2.62. The number of piperazine rings is 1. The molecular formula is C18H25N3O4. The molecule has 0 aromatic heterocycles. The van der Waals surface area contributed by atoms with Crippen molar-refractivity contribution in [1.82, 2.24) is 9.80 Å². The van der Waals surface area contributed by atoms with Crippen molar-refractivity contribution in [3.8, 4) is 0 Å². The van der Waals surface area contributed by atoms with Crippen molar-refractivity contribution in [2.24, 2.45) is 0 Å². The molecule has 0 bridgehead atoms. The molecule has 1 fully saturated rings. The Labute approximate surface area is 147 Å². The molecule has 1 aromatic carbocycles. The number of urea groups is 1. The number of ether oxygens (including phenoxy) is 1. The topological polar surface area (TPSA) is 79.0 Å². The maximum atomic E-state index is 12.6. The second-order valence-corrected chi connectivity index (χ2v) is 6.11. The number of methoxy groups -OCH3 is 1. The summed E-state index contributed by atoms with van der Waals surface area (Å²) in [5.41, 5.74) is 0.981. The number of likely N-dealkylation sites (N-methyl/N-ethyl adjacent to an activating group) is 1. The first kappa shape index (κ1) is 18.8. The summed E-state index contributed by atoms with van der Waals surface area (Å²) in [6.07, 6.45) is 2.52. The number of nitrogens with one attached hydrogen (secondary N) is 1. The van der Waals surface area contributed by atoms with Gasteiger partial charge in [0.2, 0.25) is 5.91 Å². The van der Waals surface area contributed by atoms with Gasteiger partial charge < -0.3 is 19.9 Å². The summed E-state index contributed by atoms with van der Waals surface area (Å²) in [6, 6.07) is 5.74. The van der Waals surface area contributed by atoms with Crippen molar-refractivity contribution >= 4 is 23.6 Å². The zero-order chi connectivity index (χ0) is 18.4. The molecule has 3 amide bonds. The fourth-order valence-electron chi connectivity index (χ4n) is 2.83. The van der Waals surface area contributed by atoms with Gasteiger partial charge in [0.15, 0.2) is 0 Å². The fourth-order valence-corrected chi connectivity index (χ4v) is 2.83. The summed E-state index contributed by atoms with van der Waals surface area (Å²) in [5.74, 6) is -0.446. The van der Waals surface area contributed by atoms with Gasteiger partial charge in [0.25, 0.3) is 0 Å². The van der Waals surface area contributed by atoms with Crippen LogP contribution in [0.2, 0.25) is 0 Å². The van der Waals surface area contributed by atoms with Crippen molar-refractivity contribution in [2.45, 2.75) is 32.2 Å². The van der Waals surface area contributed by atoms with E-state index in [0.717, 1.165) is 12.8 Å². The molecule has 1 atom stereocenters. The molecule has 0 aliphatic carbocycles. The lowest BCUT2D eigenvalue weighted by Gasteiger charge is -2.39. The van der Waals surface area contributed by atoms with Crippen LogP contribution in [0.25, 0.3) is 0 Å². The molecule has 0 spiro atoms. The lowest BCUT2D eigenvalue weighted by Crippen LogP contribution is -2.58. The van der Waals surface area contributed by atoms with E-state index in [2.05, 4.69) is 17.0 Å². The van der Waals surface area contributed by atoms with Crippen molar-refractivity contribution in [1.29, 1.82) is 0 Å². The summed E-state index contributed by atoms with van der Waals surface area (Å²) in [5, 5.41) is 2.80. The molecule has 7 nitrogen and oxygen atoms in total. The minimum absolute atomic E-state index is 0.0177. The van der Waals surface area contributed by atoms with E-state index in [1.165, 1.54) is 7.11 Å². The van der Waals surface area contributed by atoms with E-state index in [-0.39, 0.29) is 11.9 Å². The van der Waals surface area contributed by atoms with Crippen LogP contribution in [0.4, 0.5) is 10.5 Å². The third-order valence-corrected chi connectivity index (χ3v) is 4.36. The molecule has 7 heteroatoms. The molecule has 1 aliphatic heterocycles. The van der Waals surface area contributed by atoms with Crippen LogP contribution in [-0.4, -0.2) is 61.0 Å². The number of carbonyl (C=O) groups excluding carboxylic acids is 3. The lowest BCUT2D eigenvalue weighted by molar-refractivity contribution is -0.138. The van der Waals surface area contributed by atoms with Gasteiger partial charge in [0, 0.05) is 25.8 Å². The monoisotopic (exact) mass is 347 g/mol. The first-order chi connectivity index (χ1) is 12.0. The Morgan fingerprint density at radius 1 is 1.24 bits per heavy atom. The Balaban J connectivity index is 2.07. The number of amides is 3. The van der Waals surface area contributed by atoms with Gasteiger partial charge in [-0.05, 0) is 30.7 Å². The SMILES string of the molecule is CCCCC1C(=O)N(C)CCN1C(=O)Nc1ccc(C(=O)OC)cc1. The van der Waals surface area contributed by atoms with Crippen LogP contribution in [0.1, 0.15) is 36.5 Å². The quantitative estimate of drug-likeness (QED) is 0.829. The number of carbonyl (C=O) groups is 3. The maximum Gasteiger partial charge on any atom is 0.337 e. The minimum Gasteiger partial charge on any atom is -0.465 e. The Kier molecular flexibility index (Phi) is 6.38. The summed E-state index contributed by atoms with van der Waals surface area (Å²) in [7, 11) is 3.08. The van der Waals surface area contributed by atoms with Gasteiger partial charge in [0.05, 0.1) is 12.7 Å². The molecule has 136 valence electrons. The van der Waals surface area contributed by atoms with Gasteiger partial charge >= 0.3 is 12.0 Å². The fraction of sp³-hybridized carbons (Fsp3) is 0.500. The maximum absolute atomic E-state index is 12.6. The van der Waals surface area contributed by atoms with Crippen LogP contribution < -0.4 is 5.32 Å². The Hall–Kier alpha value is -2.57. The molecule has 1 N–H and O–H groups in total. The predicted octanol–water partition coefficient (Wildman–Crippen LogP) is 2.34. The predicted molar refractivity (Wildman–Crippen MR) is 94.5 cm³/mol. The van der Waals surface area contributed by atoms with Crippen LogP contribution in [0, 0.1) is 0 Å². The van der Waals surface area contributed by atoms with Gasteiger partial charge in [-0.3, -0.25) is 4.79 Å². The molecule has 1 saturated heterocycles. The molecule has 2 rings (SSSR count). The summed E-state index contributed by atoms with van der Waals surface area (Å²) < 4.78 is 4.65. The van der Waals surface area contributed by atoms with E-state index in [4.69, 9.17) is 0 Å². The van der Waals surface area contributed by atoms with E-state index in [1.54, 1.807) is 41.1 Å². The summed E-state index contributed by atoms with van der Waals surface area (Å²) in [4.78, 5) is 39.7. The molecule has 1 aromatic rings. The first-order valence-electron chi connectivity index (χ1n) is 8.49. The van der Waals surface area contributed by atoms with Crippen molar-refractivity contribution in [3.05, 3.63) is 29.8 Å². The highest BCUT2D eigenvalue weighted by Gasteiger charge is 2.35. The van der Waals surface area contributed by atoms with Crippen molar-refractivity contribution in [3.63, 3.8) is 0 Å². The van der Waals surface area contributed by atoms with Crippen LogP contribution in [-0.2, 0) is 9.53 Å². The molecule has 0 radical (unpaired) electrons. The first-order valence-corrected chi connectivity index (χ1v) is 8.49. The number of unbranched alkanes of at least 4 members (excludes halogenated alkanes) is 1. The Morgan fingerprint density at radius 3 is 2.52 bits per heavy atom. The molecular weight excluding hydrogens is 322 g/mol. The second kappa shape index (κ2) is 8.50. The molecule has 0 saturated carbocycles. The summed E-state index contributed by atoms with van der Waals surface area (Å²) in [6.45, 7) is 3.09. The number of rotatable bonds is 5. The van der Waals surface area contributed by atoms with E-state index in [9.17, 15) is 14.4 Å². The van der Waals surface area contributed by atoms with Crippen LogP contribution >= 0.6 is 0 Å². The third kappa shape index (κ3) is 4.49. The van der Waals surface area contributed by atoms with Gasteiger partial charge in [-0.2, -0.15) is 0 Å². The van der Waals surface area contributed by atoms with Crippen LogP contribution in [0.5, 0.6) is 0 Å². The van der Waals surface area contributed by atoms with Crippen molar-refractivity contribution < 1.29 is 19.1 Å². The Bertz CT molecular complexity index is 630. The smallest absolute Gasteiger partial charge is 0.337 e. The van der Waals surface area contributed by atoms with Gasteiger partial charge in [-0.25, -0.2) is 9.59 Å². The molecule has 1 unspecified atom stereocenters. The number of benzene rings is 1. The number of nitrogens with zero attached hydrogens (tertiary/aromatic N) is 2. The average molecular weight is 347 g/mol. The number of hydrogen-bond donors (Lipinski definition) is 1. The van der Waals surface area contributed by atoms with Crippen molar-refractivity contribution in [2.75, 3.05) is 32.6 Å². The second-order valence-electron chi connectivity index (χ2n) is 6.11. The number of esters is 1. The van der Waals surface area contributed by atoms with Crippen LogP contribution in [0.3, 0.4) is 0 Å². The largest absolute Gasteiger partial charge is 0.465 e. The van der Waals surface area contributed by atoms with E-state index < -0.39 is 12.0 Å². The zero-order valence-electron chi connectivity index (χ0n) is 14.9. The van der Waals surface area contributed by atoms with Gasteiger partial charge in [0.1, 0.15) is 6.04 Å². The number of anilines is 1. The zero-order valence-corrected chi connectivity index (χ0v) is 14.9.